The molecule has 2 N–H and O–H groups in total. The number of likely N-dealkylation sites (tertiary alicyclic amines) is 1. The van der Waals surface area contributed by atoms with E-state index in [-0.39, 0.29) is 5.82 Å². The Bertz CT molecular complexity index is 415. The molecule has 0 amide bonds. The Morgan fingerprint density at radius 2 is 2.06 bits per heavy atom. The summed E-state index contributed by atoms with van der Waals surface area (Å²) in [6, 6.07) is 4.71. The van der Waals surface area contributed by atoms with E-state index in [2.05, 4.69) is 18.7 Å². The fourth-order valence-corrected chi connectivity index (χ4v) is 2.59. The fourth-order valence-electron chi connectivity index (χ4n) is 2.59. The number of nitrogens with zero attached hydrogens (tertiary/aromatic N) is 1. The quantitative estimate of drug-likeness (QED) is 0.815. The molecule has 0 saturated carbocycles. The Balaban J connectivity index is 2.01. The van der Waals surface area contributed by atoms with Gasteiger partial charge in [-0.3, -0.25) is 4.90 Å². The molecule has 1 aromatic carbocycles. The van der Waals surface area contributed by atoms with E-state index in [1.807, 2.05) is 0 Å². The highest BCUT2D eigenvalue weighted by atomic mass is 19.1. The second-order valence-corrected chi connectivity index (χ2v) is 6.14. The van der Waals surface area contributed by atoms with Crippen molar-refractivity contribution < 1.29 is 4.39 Å². The van der Waals surface area contributed by atoms with Crippen molar-refractivity contribution >= 4 is 5.69 Å². The summed E-state index contributed by atoms with van der Waals surface area (Å²) in [6.07, 6.45) is 3.73. The van der Waals surface area contributed by atoms with Gasteiger partial charge in [0.05, 0.1) is 0 Å². The number of hydrogen-bond donors (Lipinski definition) is 1. The van der Waals surface area contributed by atoms with Gasteiger partial charge in [-0.15, -0.1) is 0 Å². The Morgan fingerprint density at radius 1 is 1.28 bits per heavy atom. The van der Waals surface area contributed by atoms with Crippen molar-refractivity contribution in [1.29, 1.82) is 0 Å². The lowest BCUT2D eigenvalue weighted by molar-refractivity contribution is 0.256. The van der Waals surface area contributed by atoms with Crippen LogP contribution in [0.2, 0.25) is 0 Å². The topological polar surface area (TPSA) is 29.3 Å². The smallest absolute Gasteiger partial charge is 0.125 e. The molecule has 1 heterocycles. The monoisotopic (exact) mass is 250 g/mol. The summed E-state index contributed by atoms with van der Waals surface area (Å²) in [6.45, 7) is 7.72. The highest BCUT2D eigenvalue weighted by Crippen LogP contribution is 2.30. The molecule has 1 fully saturated rings. The number of nitrogen functional groups attached to an aromatic ring is 1. The minimum absolute atomic E-state index is 0.256. The molecular weight excluding hydrogens is 227 g/mol. The van der Waals surface area contributed by atoms with E-state index < -0.39 is 0 Å². The van der Waals surface area contributed by atoms with E-state index in [4.69, 9.17) is 5.73 Å². The molecule has 1 saturated heterocycles. The largest absolute Gasteiger partial charge is 0.398 e. The maximum Gasteiger partial charge on any atom is 0.125 e. The summed E-state index contributed by atoms with van der Waals surface area (Å²) in [4.78, 5) is 2.43. The van der Waals surface area contributed by atoms with Crippen LogP contribution in [0.25, 0.3) is 0 Å². The van der Waals surface area contributed by atoms with Crippen LogP contribution < -0.4 is 5.73 Å². The molecule has 1 aromatic rings. The number of hydrogen-bond acceptors (Lipinski definition) is 2. The second-order valence-electron chi connectivity index (χ2n) is 6.14. The van der Waals surface area contributed by atoms with E-state index in [0.29, 0.717) is 11.1 Å². The number of nitrogens with two attached hydrogens (primary N) is 1. The molecule has 2 rings (SSSR count). The van der Waals surface area contributed by atoms with Gasteiger partial charge in [0.1, 0.15) is 5.82 Å². The van der Waals surface area contributed by atoms with E-state index in [9.17, 15) is 4.39 Å². The van der Waals surface area contributed by atoms with Crippen molar-refractivity contribution in [2.45, 2.75) is 39.7 Å². The molecule has 0 bridgehead atoms. The predicted octanol–water partition coefficient (Wildman–Crippen LogP) is 3.42. The van der Waals surface area contributed by atoms with E-state index in [1.54, 1.807) is 6.07 Å². The molecule has 0 aromatic heterocycles. The fraction of sp³-hybridized carbons (Fsp3) is 0.600. The van der Waals surface area contributed by atoms with E-state index in [1.165, 1.54) is 31.4 Å². The van der Waals surface area contributed by atoms with Gasteiger partial charge in [0, 0.05) is 12.2 Å². The van der Waals surface area contributed by atoms with Crippen LogP contribution in [0.5, 0.6) is 0 Å². The Kier molecular flexibility index (Phi) is 3.91. The maximum atomic E-state index is 13.0. The maximum absolute atomic E-state index is 13.0. The van der Waals surface area contributed by atoms with Gasteiger partial charge in [0.25, 0.3) is 0 Å². The third-order valence-electron chi connectivity index (χ3n) is 3.93. The van der Waals surface area contributed by atoms with Crippen molar-refractivity contribution in [3.8, 4) is 0 Å². The molecule has 18 heavy (non-hydrogen) atoms. The lowest BCUT2D eigenvalue weighted by Gasteiger charge is -2.23. The molecule has 100 valence electrons. The number of benzene rings is 1. The average Bonchev–Trinajstić information content (AvgIpc) is 2.44. The molecule has 3 heteroatoms. The van der Waals surface area contributed by atoms with Crippen LogP contribution in [-0.2, 0) is 6.54 Å². The zero-order valence-corrected chi connectivity index (χ0v) is 11.4. The third-order valence-corrected chi connectivity index (χ3v) is 3.93. The van der Waals surface area contributed by atoms with Crippen LogP contribution in [0.3, 0.4) is 0 Å². The van der Waals surface area contributed by atoms with Crippen LogP contribution in [0.15, 0.2) is 18.2 Å². The van der Waals surface area contributed by atoms with Gasteiger partial charge < -0.3 is 5.73 Å². The standard InChI is InChI=1S/C15H23FN2/c1-15(2)6-3-8-18(9-7-15)11-12-4-5-13(16)10-14(12)17/h4-5,10H,3,6-9,11,17H2,1-2H3. The molecule has 0 spiro atoms. The van der Waals surface area contributed by atoms with Gasteiger partial charge in [-0.25, -0.2) is 4.39 Å². The molecular formula is C15H23FN2. The Labute approximate surface area is 109 Å². The molecule has 0 unspecified atom stereocenters. The average molecular weight is 250 g/mol. The molecule has 1 aliphatic rings. The van der Waals surface area contributed by atoms with Crippen LogP contribution in [-0.4, -0.2) is 18.0 Å². The number of halogens is 1. The first kappa shape index (κ1) is 13.3. The number of rotatable bonds is 2. The minimum Gasteiger partial charge on any atom is -0.398 e. The highest BCUT2D eigenvalue weighted by Gasteiger charge is 2.23. The molecule has 1 aliphatic heterocycles. The van der Waals surface area contributed by atoms with Crippen LogP contribution in [0, 0.1) is 11.2 Å². The van der Waals surface area contributed by atoms with Gasteiger partial charge in [-0.05, 0) is 55.5 Å². The van der Waals surface area contributed by atoms with Gasteiger partial charge in [0.2, 0.25) is 0 Å². The SMILES string of the molecule is CC1(C)CCCN(Cc2ccc(F)cc2N)CC1. The number of anilines is 1. The lowest BCUT2D eigenvalue weighted by atomic mass is 9.85. The summed E-state index contributed by atoms with van der Waals surface area (Å²) < 4.78 is 13.0. The summed E-state index contributed by atoms with van der Waals surface area (Å²) in [5.74, 6) is -0.256. The van der Waals surface area contributed by atoms with Crippen molar-refractivity contribution in [3.63, 3.8) is 0 Å². The van der Waals surface area contributed by atoms with Gasteiger partial charge in [0.15, 0.2) is 0 Å². The first-order chi connectivity index (χ1) is 8.46. The van der Waals surface area contributed by atoms with Crippen LogP contribution in [0.1, 0.15) is 38.7 Å². The van der Waals surface area contributed by atoms with Crippen LogP contribution in [0.4, 0.5) is 10.1 Å². The van der Waals surface area contributed by atoms with Crippen molar-refractivity contribution in [2.24, 2.45) is 5.41 Å². The lowest BCUT2D eigenvalue weighted by Crippen LogP contribution is -2.25. The summed E-state index contributed by atoms with van der Waals surface area (Å²) >= 11 is 0. The van der Waals surface area contributed by atoms with Gasteiger partial charge in [-0.1, -0.05) is 19.9 Å². The Morgan fingerprint density at radius 3 is 2.78 bits per heavy atom. The Hall–Kier alpha value is -1.09. The van der Waals surface area contributed by atoms with E-state index >= 15 is 0 Å². The molecule has 0 aliphatic carbocycles. The van der Waals surface area contributed by atoms with Crippen molar-refractivity contribution in [3.05, 3.63) is 29.6 Å². The van der Waals surface area contributed by atoms with Crippen LogP contribution >= 0.6 is 0 Å². The summed E-state index contributed by atoms with van der Waals surface area (Å²) in [5.41, 5.74) is 7.92. The summed E-state index contributed by atoms with van der Waals surface area (Å²) in [7, 11) is 0. The predicted molar refractivity (Wildman–Crippen MR) is 73.7 cm³/mol. The zero-order valence-electron chi connectivity index (χ0n) is 11.4. The molecule has 0 radical (unpaired) electrons. The van der Waals surface area contributed by atoms with E-state index in [0.717, 1.165) is 25.2 Å². The zero-order chi connectivity index (χ0) is 13.2. The first-order valence-corrected chi connectivity index (χ1v) is 6.73. The molecule has 2 nitrogen and oxygen atoms in total. The second kappa shape index (κ2) is 5.27. The van der Waals surface area contributed by atoms with Gasteiger partial charge >= 0.3 is 0 Å². The minimum atomic E-state index is -0.256. The van der Waals surface area contributed by atoms with Crippen molar-refractivity contribution in [2.75, 3.05) is 18.8 Å². The normalized spacial score (nSPS) is 20.6. The van der Waals surface area contributed by atoms with Crippen molar-refractivity contribution in [1.82, 2.24) is 4.90 Å². The third kappa shape index (κ3) is 3.45. The first-order valence-electron chi connectivity index (χ1n) is 6.73. The molecule has 0 atom stereocenters. The van der Waals surface area contributed by atoms with Gasteiger partial charge in [-0.2, -0.15) is 0 Å². The highest BCUT2D eigenvalue weighted by molar-refractivity contribution is 5.46. The summed E-state index contributed by atoms with van der Waals surface area (Å²) in [5, 5.41) is 0.